The highest BCUT2D eigenvalue weighted by molar-refractivity contribution is 6.39. The van der Waals surface area contributed by atoms with Gasteiger partial charge in [0.05, 0.1) is 34.2 Å². The highest BCUT2D eigenvalue weighted by Gasteiger charge is 2.49. The van der Waals surface area contributed by atoms with Gasteiger partial charge in [-0.05, 0) is 18.6 Å². The Kier molecular flexibility index (Phi) is 2.75. The number of imide groups is 1. The molecule has 5 aromatic rings. The van der Waals surface area contributed by atoms with Gasteiger partial charge in [-0.25, -0.2) is 0 Å². The minimum Gasteiger partial charge on any atom is -0.388 e. The topological polar surface area (TPSA) is 96.5 Å². The number of aliphatic hydroxyl groups excluding tert-OH is 2. The molecule has 2 bridgehead atoms. The maximum atomic E-state index is 13.1. The summed E-state index contributed by atoms with van der Waals surface area (Å²) in [5.41, 5.74) is 4.28. The number of hydrogen-bond acceptors (Lipinski definition) is 4. The molecule has 4 atom stereocenters. The molecule has 1 fully saturated rings. The number of carbonyl (C=O) groups is 2. The van der Waals surface area contributed by atoms with E-state index in [1.54, 1.807) is 0 Å². The average Bonchev–Trinajstić information content (AvgIpc) is 3.45. The molecule has 2 amide bonds. The van der Waals surface area contributed by atoms with Crippen LogP contribution in [0.1, 0.15) is 39.2 Å². The van der Waals surface area contributed by atoms with E-state index < -0.39 is 12.2 Å². The van der Waals surface area contributed by atoms with Gasteiger partial charge in [0, 0.05) is 32.6 Å². The van der Waals surface area contributed by atoms with Crippen LogP contribution in [0.15, 0.2) is 48.5 Å². The van der Waals surface area contributed by atoms with Crippen molar-refractivity contribution in [2.24, 2.45) is 0 Å². The summed E-state index contributed by atoms with van der Waals surface area (Å²) in [6.07, 6.45) is -1.32. The summed E-state index contributed by atoms with van der Waals surface area (Å²) in [5.74, 6) is -0.775. The molecule has 32 heavy (non-hydrogen) atoms. The summed E-state index contributed by atoms with van der Waals surface area (Å²) in [5, 5.41) is 27.9. The number of rotatable bonds is 0. The Balaban J connectivity index is 1.80. The van der Waals surface area contributed by atoms with Crippen molar-refractivity contribution in [2.45, 2.75) is 30.7 Å². The van der Waals surface area contributed by atoms with Crippen molar-refractivity contribution >= 4 is 55.4 Å². The Hall–Kier alpha value is -3.68. The second-order valence-electron chi connectivity index (χ2n) is 9.11. The van der Waals surface area contributed by atoms with Gasteiger partial charge < -0.3 is 19.3 Å². The fraction of sp³-hybridized carbons (Fsp3) is 0.200. The van der Waals surface area contributed by atoms with Crippen LogP contribution in [0.3, 0.4) is 0 Å². The molecule has 156 valence electrons. The Morgan fingerprint density at radius 2 is 1.16 bits per heavy atom. The van der Waals surface area contributed by atoms with Gasteiger partial charge in [0.15, 0.2) is 0 Å². The average molecular weight is 423 g/mol. The maximum absolute atomic E-state index is 13.1. The fourth-order valence-electron chi connectivity index (χ4n) is 6.62. The van der Waals surface area contributed by atoms with E-state index in [4.69, 9.17) is 0 Å². The van der Waals surface area contributed by atoms with E-state index in [1.807, 2.05) is 48.5 Å². The summed E-state index contributed by atoms with van der Waals surface area (Å²) >= 11 is 0. The van der Waals surface area contributed by atoms with E-state index in [0.717, 1.165) is 43.6 Å². The monoisotopic (exact) mass is 423 g/mol. The van der Waals surface area contributed by atoms with Crippen LogP contribution < -0.4 is 5.32 Å². The van der Waals surface area contributed by atoms with Crippen molar-refractivity contribution in [2.75, 3.05) is 0 Å². The van der Waals surface area contributed by atoms with Crippen molar-refractivity contribution in [1.29, 1.82) is 0 Å². The van der Waals surface area contributed by atoms with Crippen LogP contribution in [0.25, 0.3) is 43.6 Å². The lowest BCUT2D eigenvalue weighted by Gasteiger charge is -2.24. The zero-order valence-electron chi connectivity index (χ0n) is 16.7. The third-order valence-corrected chi connectivity index (χ3v) is 7.76. The fourth-order valence-corrected chi connectivity index (χ4v) is 6.62. The molecule has 7 nitrogen and oxygen atoms in total. The number of aromatic nitrogens is 2. The van der Waals surface area contributed by atoms with Crippen molar-refractivity contribution in [1.82, 2.24) is 14.5 Å². The minimum atomic E-state index is -0.938. The lowest BCUT2D eigenvalue weighted by molar-refractivity contribution is 0.0101. The van der Waals surface area contributed by atoms with Crippen molar-refractivity contribution in [3.8, 4) is 0 Å². The predicted molar refractivity (Wildman–Crippen MR) is 119 cm³/mol. The molecule has 2 aliphatic heterocycles. The molecule has 2 aromatic heterocycles. The third-order valence-electron chi connectivity index (χ3n) is 7.76. The van der Waals surface area contributed by atoms with Gasteiger partial charge in [0.25, 0.3) is 11.8 Å². The normalized spacial score (nSPS) is 26.1. The summed E-state index contributed by atoms with van der Waals surface area (Å²) in [6.45, 7) is 0. The molecule has 3 aromatic carbocycles. The second kappa shape index (κ2) is 5.20. The van der Waals surface area contributed by atoms with Crippen LogP contribution in [0.2, 0.25) is 0 Å². The zero-order chi connectivity index (χ0) is 21.5. The van der Waals surface area contributed by atoms with Crippen LogP contribution in [0, 0.1) is 0 Å². The molecule has 3 aliphatic rings. The molecule has 0 saturated heterocycles. The molecule has 0 radical (unpaired) electrons. The van der Waals surface area contributed by atoms with E-state index in [-0.39, 0.29) is 23.9 Å². The lowest BCUT2D eigenvalue weighted by atomic mass is 9.96. The van der Waals surface area contributed by atoms with Gasteiger partial charge in [-0.3, -0.25) is 14.9 Å². The molecule has 1 aliphatic carbocycles. The standard InChI is InChI=1S/C25H17N3O4/c29-22-14-9-15(23(22)30)28-13-8-4-2-6-11(13)17-19-18(24(31)26-25(19)32)16-10-5-1-3-7-12(10)27(14)20(16)21(17)28/h1-8,14-15,22-23,29-30H,9H2,(H,26,31,32)/t14?,15?,22-,23+. The minimum absolute atomic E-state index is 0.336. The van der Waals surface area contributed by atoms with E-state index in [0.29, 0.717) is 17.5 Å². The molecule has 3 N–H and O–H groups in total. The molecule has 1 saturated carbocycles. The van der Waals surface area contributed by atoms with Crippen molar-refractivity contribution < 1.29 is 19.8 Å². The molecule has 0 spiro atoms. The van der Waals surface area contributed by atoms with Gasteiger partial charge in [0.1, 0.15) is 12.2 Å². The Morgan fingerprint density at radius 3 is 1.62 bits per heavy atom. The molecular weight excluding hydrogens is 406 g/mol. The van der Waals surface area contributed by atoms with Gasteiger partial charge in [-0.1, -0.05) is 36.4 Å². The quantitative estimate of drug-likeness (QED) is 0.334. The number of aliphatic hydroxyl groups is 2. The van der Waals surface area contributed by atoms with Gasteiger partial charge in [-0.2, -0.15) is 0 Å². The summed E-state index contributed by atoms with van der Waals surface area (Å²) in [4.78, 5) is 26.1. The highest BCUT2D eigenvalue weighted by Crippen LogP contribution is 2.53. The summed E-state index contributed by atoms with van der Waals surface area (Å²) < 4.78 is 4.19. The number of para-hydroxylation sites is 2. The molecule has 2 unspecified atom stereocenters. The first-order chi connectivity index (χ1) is 15.6. The van der Waals surface area contributed by atoms with Crippen LogP contribution in [-0.2, 0) is 0 Å². The van der Waals surface area contributed by atoms with E-state index in [2.05, 4.69) is 14.5 Å². The number of amides is 2. The van der Waals surface area contributed by atoms with Crippen LogP contribution >= 0.6 is 0 Å². The maximum Gasteiger partial charge on any atom is 0.259 e. The molecule has 7 heteroatoms. The number of carbonyl (C=O) groups excluding carboxylic acids is 2. The Bertz CT molecular complexity index is 1600. The SMILES string of the molecule is O=C1NC(=O)c2c1c1c3ccccc3n3c1c1c2c2ccccc2n1C1CC3[C@@H](O)[C@H]1O. The number of hydrogen-bond donors (Lipinski definition) is 3. The van der Waals surface area contributed by atoms with Crippen molar-refractivity contribution in [3.63, 3.8) is 0 Å². The summed E-state index contributed by atoms with van der Waals surface area (Å²) in [6, 6.07) is 14.9. The van der Waals surface area contributed by atoms with Gasteiger partial charge >= 0.3 is 0 Å². The smallest absolute Gasteiger partial charge is 0.259 e. The summed E-state index contributed by atoms with van der Waals surface area (Å²) in [7, 11) is 0. The number of nitrogens with one attached hydrogen (secondary N) is 1. The molecule has 8 rings (SSSR count). The molecule has 4 heterocycles. The largest absolute Gasteiger partial charge is 0.388 e. The Morgan fingerprint density at radius 1 is 0.719 bits per heavy atom. The van der Waals surface area contributed by atoms with Crippen molar-refractivity contribution in [3.05, 3.63) is 59.7 Å². The zero-order valence-corrected chi connectivity index (χ0v) is 16.7. The highest BCUT2D eigenvalue weighted by atomic mass is 16.3. The predicted octanol–water partition coefficient (Wildman–Crippen LogP) is 3.01. The molecular formula is C25H17N3O4. The first-order valence-electron chi connectivity index (χ1n) is 10.8. The van der Waals surface area contributed by atoms with E-state index in [1.165, 1.54) is 0 Å². The Labute approximate surface area is 180 Å². The van der Waals surface area contributed by atoms with E-state index in [9.17, 15) is 19.8 Å². The first kappa shape index (κ1) is 16.9. The number of nitrogens with zero attached hydrogens (tertiary/aromatic N) is 2. The van der Waals surface area contributed by atoms with Gasteiger partial charge in [0.2, 0.25) is 0 Å². The van der Waals surface area contributed by atoms with Gasteiger partial charge in [-0.15, -0.1) is 0 Å². The van der Waals surface area contributed by atoms with E-state index >= 15 is 0 Å². The number of benzene rings is 3. The van der Waals surface area contributed by atoms with Crippen LogP contribution in [0.4, 0.5) is 0 Å². The third kappa shape index (κ3) is 1.61. The lowest BCUT2D eigenvalue weighted by Crippen LogP contribution is -2.31. The van der Waals surface area contributed by atoms with Crippen LogP contribution in [-0.4, -0.2) is 43.4 Å². The second-order valence-corrected chi connectivity index (χ2v) is 9.11. The van der Waals surface area contributed by atoms with Crippen LogP contribution in [0.5, 0.6) is 0 Å². The first-order valence-corrected chi connectivity index (χ1v) is 10.8. The number of fused-ring (bicyclic) bond motifs is 13.